The third-order valence-electron chi connectivity index (χ3n) is 5.96. The number of rotatable bonds is 5. The molecule has 3 heterocycles. The Morgan fingerprint density at radius 1 is 1.03 bits per heavy atom. The van der Waals surface area contributed by atoms with Gasteiger partial charge in [0.25, 0.3) is 0 Å². The Kier molecular flexibility index (Phi) is 6.74. The number of amides is 2. The summed E-state index contributed by atoms with van der Waals surface area (Å²) in [4.78, 5) is 17.0. The largest absolute Gasteiger partial charge is 0.325 e. The van der Waals surface area contributed by atoms with Crippen LogP contribution >= 0.6 is 11.8 Å². The number of thioether (sulfide) groups is 1. The lowest BCUT2D eigenvalue weighted by Gasteiger charge is -2.37. The van der Waals surface area contributed by atoms with Crippen molar-refractivity contribution in [3.05, 3.63) is 41.7 Å². The number of aromatic nitrogens is 3. The zero-order valence-corrected chi connectivity index (χ0v) is 18.1. The molecule has 0 saturated carbocycles. The van der Waals surface area contributed by atoms with Crippen LogP contribution in [0.2, 0.25) is 0 Å². The number of hydrogen-bond donors (Lipinski definition) is 0. The molecule has 0 spiro atoms. The van der Waals surface area contributed by atoms with Crippen LogP contribution in [0.5, 0.6) is 0 Å². The number of carbonyl (C=O) groups is 1. The standard InChI is InChI=1S/C22H31N5OS/c1-2-27-20(23-24-21(27)29-17-18-10-5-3-6-11-18)19-12-9-15-26(16-19)22(28)25-13-7-4-8-14-25/h3,5-6,10-11,19H,2,4,7-9,12-17H2,1H3/t19-/m1/s1. The van der Waals surface area contributed by atoms with Gasteiger partial charge >= 0.3 is 6.03 Å². The number of nitrogens with zero attached hydrogens (tertiary/aromatic N) is 5. The summed E-state index contributed by atoms with van der Waals surface area (Å²) in [7, 11) is 0. The van der Waals surface area contributed by atoms with E-state index < -0.39 is 0 Å². The summed E-state index contributed by atoms with van der Waals surface area (Å²) in [6, 6.07) is 10.7. The monoisotopic (exact) mass is 413 g/mol. The maximum absolute atomic E-state index is 13.0. The lowest BCUT2D eigenvalue weighted by atomic mass is 9.97. The zero-order valence-electron chi connectivity index (χ0n) is 17.3. The Morgan fingerprint density at radius 3 is 2.55 bits per heavy atom. The summed E-state index contributed by atoms with van der Waals surface area (Å²) in [5.74, 6) is 2.21. The molecule has 0 unspecified atom stereocenters. The molecule has 1 aromatic heterocycles. The summed E-state index contributed by atoms with van der Waals surface area (Å²) >= 11 is 1.74. The van der Waals surface area contributed by atoms with Crippen LogP contribution < -0.4 is 0 Å². The van der Waals surface area contributed by atoms with Crippen LogP contribution in [-0.4, -0.2) is 56.8 Å². The molecule has 0 N–H and O–H groups in total. The Morgan fingerprint density at radius 2 is 1.79 bits per heavy atom. The van der Waals surface area contributed by atoms with Crippen molar-refractivity contribution in [1.29, 1.82) is 0 Å². The minimum absolute atomic E-state index is 0.218. The first-order chi connectivity index (χ1) is 14.3. The molecule has 1 atom stereocenters. The first kappa shape index (κ1) is 20.3. The molecule has 0 aliphatic carbocycles. The van der Waals surface area contributed by atoms with Gasteiger partial charge in [0.05, 0.1) is 0 Å². The zero-order chi connectivity index (χ0) is 20.1. The second-order valence-electron chi connectivity index (χ2n) is 7.97. The minimum Gasteiger partial charge on any atom is -0.325 e. The van der Waals surface area contributed by atoms with Gasteiger partial charge in [0.2, 0.25) is 0 Å². The third kappa shape index (κ3) is 4.77. The molecule has 7 heteroatoms. The molecule has 4 rings (SSSR count). The Bertz CT molecular complexity index is 803. The Labute approximate surface area is 177 Å². The van der Waals surface area contributed by atoms with E-state index in [1.165, 1.54) is 12.0 Å². The highest BCUT2D eigenvalue weighted by Gasteiger charge is 2.31. The molecule has 156 valence electrons. The molecule has 2 amide bonds. The van der Waals surface area contributed by atoms with Crippen molar-refractivity contribution in [3.63, 3.8) is 0 Å². The first-order valence-corrected chi connectivity index (χ1v) is 11.9. The number of hydrogen-bond acceptors (Lipinski definition) is 4. The van der Waals surface area contributed by atoms with Crippen LogP contribution in [0.3, 0.4) is 0 Å². The smallest absolute Gasteiger partial charge is 0.320 e. The summed E-state index contributed by atoms with van der Waals surface area (Å²) in [6.07, 6.45) is 5.62. The van der Waals surface area contributed by atoms with Gasteiger partial charge in [0, 0.05) is 44.4 Å². The fourth-order valence-electron chi connectivity index (χ4n) is 4.37. The lowest BCUT2D eigenvalue weighted by molar-refractivity contribution is 0.129. The van der Waals surface area contributed by atoms with Crippen LogP contribution in [-0.2, 0) is 12.3 Å². The third-order valence-corrected chi connectivity index (χ3v) is 6.99. The molecule has 6 nitrogen and oxygen atoms in total. The van der Waals surface area contributed by atoms with Crippen molar-refractivity contribution >= 4 is 17.8 Å². The molecule has 0 radical (unpaired) electrons. The maximum atomic E-state index is 13.0. The van der Waals surface area contributed by atoms with Crippen LogP contribution in [0.1, 0.15) is 56.3 Å². The fourth-order valence-corrected chi connectivity index (χ4v) is 5.34. The predicted octanol–water partition coefficient (Wildman–Crippen LogP) is 4.38. The summed E-state index contributed by atoms with van der Waals surface area (Å²) in [5.41, 5.74) is 1.29. The molecule has 2 aliphatic heterocycles. The summed E-state index contributed by atoms with van der Waals surface area (Å²) < 4.78 is 2.24. The molecule has 29 heavy (non-hydrogen) atoms. The molecular formula is C22H31N5OS. The quantitative estimate of drug-likeness (QED) is 0.683. The van der Waals surface area contributed by atoms with Crippen molar-refractivity contribution < 1.29 is 4.79 Å². The van der Waals surface area contributed by atoms with Gasteiger partial charge in [-0.25, -0.2) is 4.79 Å². The summed E-state index contributed by atoms with van der Waals surface area (Å²) in [5, 5.41) is 10.0. The van der Waals surface area contributed by atoms with Crippen LogP contribution in [0.25, 0.3) is 0 Å². The highest BCUT2D eigenvalue weighted by molar-refractivity contribution is 7.98. The van der Waals surface area contributed by atoms with Gasteiger partial charge in [-0.05, 0) is 44.6 Å². The van der Waals surface area contributed by atoms with Gasteiger partial charge < -0.3 is 14.4 Å². The van der Waals surface area contributed by atoms with E-state index in [1.54, 1.807) is 11.8 Å². The number of urea groups is 1. The topological polar surface area (TPSA) is 54.3 Å². The molecule has 2 aliphatic rings. The van der Waals surface area contributed by atoms with Gasteiger partial charge in [0.1, 0.15) is 5.82 Å². The van der Waals surface area contributed by atoms with Crippen molar-refractivity contribution in [2.75, 3.05) is 26.2 Å². The summed E-state index contributed by atoms with van der Waals surface area (Å²) in [6.45, 7) is 6.45. The average molecular weight is 414 g/mol. The van der Waals surface area contributed by atoms with Gasteiger partial charge in [-0.3, -0.25) is 0 Å². The number of carbonyl (C=O) groups excluding carboxylic acids is 1. The SMILES string of the molecule is CCn1c(SCc2ccccc2)nnc1[C@@H]1CCCN(C(=O)N2CCCCC2)C1. The van der Waals surface area contributed by atoms with Crippen molar-refractivity contribution in [2.24, 2.45) is 0 Å². The van der Waals surface area contributed by atoms with Gasteiger partial charge in [-0.2, -0.15) is 0 Å². The van der Waals surface area contributed by atoms with Crippen LogP contribution in [0.4, 0.5) is 4.79 Å². The van der Waals surface area contributed by atoms with E-state index in [9.17, 15) is 4.79 Å². The van der Waals surface area contributed by atoms with E-state index in [0.717, 1.165) is 75.1 Å². The second kappa shape index (κ2) is 9.65. The van der Waals surface area contributed by atoms with Gasteiger partial charge in [0.15, 0.2) is 5.16 Å². The van der Waals surface area contributed by atoms with Crippen LogP contribution in [0, 0.1) is 0 Å². The van der Waals surface area contributed by atoms with E-state index in [-0.39, 0.29) is 11.9 Å². The van der Waals surface area contributed by atoms with Gasteiger partial charge in [-0.1, -0.05) is 42.1 Å². The average Bonchev–Trinajstić information content (AvgIpc) is 3.21. The van der Waals surface area contributed by atoms with Crippen LogP contribution in [0.15, 0.2) is 35.5 Å². The number of piperidine rings is 2. The molecule has 2 saturated heterocycles. The van der Waals surface area contributed by atoms with E-state index in [0.29, 0.717) is 0 Å². The van der Waals surface area contributed by atoms with Crippen molar-refractivity contribution in [3.8, 4) is 0 Å². The first-order valence-electron chi connectivity index (χ1n) is 10.9. The molecule has 2 aromatic rings. The normalized spacial score (nSPS) is 20.1. The predicted molar refractivity (Wildman–Crippen MR) is 116 cm³/mol. The number of benzene rings is 1. The Balaban J connectivity index is 1.43. The fraction of sp³-hybridized carbons (Fsp3) is 0.591. The second-order valence-corrected chi connectivity index (χ2v) is 8.92. The van der Waals surface area contributed by atoms with Gasteiger partial charge in [-0.15, -0.1) is 10.2 Å². The van der Waals surface area contributed by atoms with E-state index in [1.807, 2.05) is 15.9 Å². The highest BCUT2D eigenvalue weighted by atomic mass is 32.2. The van der Waals surface area contributed by atoms with Crippen molar-refractivity contribution in [2.45, 2.75) is 62.4 Å². The lowest BCUT2D eigenvalue weighted by Crippen LogP contribution is -2.48. The molecular weight excluding hydrogens is 382 g/mol. The highest BCUT2D eigenvalue weighted by Crippen LogP contribution is 2.30. The maximum Gasteiger partial charge on any atom is 0.320 e. The van der Waals surface area contributed by atoms with E-state index >= 15 is 0 Å². The molecule has 0 bridgehead atoms. The molecule has 2 fully saturated rings. The number of likely N-dealkylation sites (tertiary alicyclic amines) is 2. The minimum atomic E-state index is 0.218. The van der Waals surface area contributed by atoms with E-state index in [4.69, 9.17) is 0 Å². The Hall–Kier alpha value is -2.02. The molecule has 1 aromatic carbocycles. The van der Waals surface area contributed by atoms with Crippen molar-refractivity contribution in [1.82, 2.24) is 24.6 Å². The van der Waals surface area contributed by atoms with E-state index in [2.05, 4.69) is 46.0 Å².